The van der Waals surface area contributed by atoms with Gasteiger partial charge in [-0.25, -0.2) is 0 Å². The third-order valence-electron chi connectivity index (χ3n) is 7.77. The highest BCUT2D eigenvalue weighted by atomic mass is 16.3. The number of aryl methyl sites for hydroxylation is 1. The number of piperidine rings is 1. The summed E-state index contributed by atoms with van der Waals surface area (Å²) in [5.41, 5.74) is 2.92. The van der Waals surface area contributed by atoms with E-state index in [-0.39, 0.29) is 18.7 Å². The Morgan fingerprint density at radius 2 is 1.62 bits per heavy atom. The Morgan fingerprint density at radius 3 is 2.18 bits per heavy atom. The molecule has 6 heteroatoms. The second-order valence-corrected chi connectivity index (χ2v) is 11.7. The van der Waals surface area contributed by atoms with Gasteiger partial charge in [0.25, 0.3) is 5.91 Å². The van der Waals surface area contributed by atoms with Crippen LogP contribution in [0.15, 0.2) is 30.3 Å². The number of carbonyl (C=O) groups is 2. The number of hydrogen-bond donors (Lipinski definition) is 1. The Bertz CT molecular complexity index is 1120. The molecule has 2 aliphatic rings. The highest BCUT2D eigenvalue weighted by molar-refractivity contribution is 5.98. The van der Waals surface area contributed by atoms with E-state index in [0.29, 0.717) is 18.7 Å². The first-order valence-corrected chi connectivity index (χ1v) is 12.3. The van der Waals surface area contributed by atoms with Crippen LogP contribution in [0.5, 0.6) is 0 Å². The van der Waals surface area contributed by atoms with Crippen molar-refractivity contribution in [3.63, 3.8) is 0 Å². The summed E-state index contributed by atoms with van der Waals surface area (Å²) in [4.78, 5) is 30.7. The van der Waals surface area contributed by atoms with Crippen LogP contribution in [-0.4, -0.2) is 57.8 Å². The van der Waals surface area contributed by atoms with E-state index in [2.05, 4.69) is 22.6 Å². The lowest BCUT2D eigenvalue weighted by atomic mass is 9.81. The molecular weight excluding hydrogens is 426 g/mol. The van der Waals surface area contributed by atoms with Crippen molar-refractivity contribution in [2.24, 2.45) is 5.41 Å². The van der Waals surface area contributed by atoms with Crippen molar-refractivity contribution in [2.75, 3.05) is 26.7 Å². The van der Waals surface area contributed by atoms with Crippen LogP contribution in [0.3, 0.4) is 0 Å². The van der Waals surface area contributed by atoms with E-state index >= 15 is 0 Å². The molecule has 0 radical (unpaired) electrons. The largest absolute Gasteiger partial charge is 0.386 e. The molecule has 0 saturated carbocycles. The zero-order chi connectivity index (χ0) is 25.1. The van der Waals surface area contributed by atoms with Crippen LogP contribution in [0.4, 0.5) is 0 Å². The molecule has 1 aromatic carbocycles. The second kappa shape index (κ2) is 8.35. The molecule has 186 valence electrons. The number of hydrogen-bond acceptors (Lipinski definition) is 4. The number of nitrogens with zero attached hydrogens (tertiary/aromatic N) is 3. The number of aliphatic hydroxyl groups is 1. The van der Waals surface area contributed by atoms with Crippen molar-refractivity contribution in [1.29, 1.82) is 0 Å². The predicted octanol–water partition coefficient (Wildman–Crippen LogP) is 4.58. The Balaban J connectivity index is 0.00000342. The topological polar surface area (TPSA) is 65.8 Å². The van der Waals surface area contributed by atoms with Crippen LogP contribution >= 0.6 is 0 Å². The first-order chi connectivity index (χ1) is 15.8. The molecule has 1 fully saturated rings. The van der Waals surface area contributed by atoms with Crippen LogP contribution in [0, 0.1) is 12.3 Å². The minimum absolute atomic E-state index is 0. The van der Waals surface area contributed by atoms with Crippen LogP contribution in [0.25, 0.3) is 0 Å². The summed E-state index contributed by atoms with van der Waals surface area (Å²) in [7, 11) is 2.16. The highest BCUT2D eigenvalue weighted by Crippen LogP contribution is 2.42. The Kier molecular flexibility index (Phi) is 6.06. The number of likely N-dealkylation sites (N-methyl/N-ethyl adjacent to an activating group) is 1. The number of ketones is 1. The summed E-state index contributed by atoms with van der Waals surface area (Å²) in [6.45, 7) is 14.4. The van der Waals surface area contributed by atoms with Crippen LogP contribution in [0.2, 0.25) is 0 Å². The van der Waals surface area contributed by atoms with Gasteiger partial charge in [0.05, 0.1) is 16.8 Å². The van der Waals surface area contributed by atoms with Gasteiger partial charge >= 0.3 is 0 Å². The fourth-order valence-corrected chi connectivity index (χ4v) is 5.74. The van der Waals surface area contributed by atoms with Gasteiger partial charge in [0.15, 0.2) is 5.78 Å². The van der Waals surface area contributed by atoms with E-state index < -0.39 is 11.0 Å². The Hall–Kier alpha value is -2.44. The minimum atomic E-state index is -0.934. The van der Waals surface area contributed by atoms with E-state index in [1.165, 1.54) is 5.69 Å². The van der Waals surface area contributed by atoms with Gasteiger partial charge < -0.3 is 14.6 Å². The van der Waals surface area contributed by atoms with Crippen molar-refractivity contribution >= 4 is 11.7 Å². The molecule has 1 N–H and O–H groups in total. The van der Waals surface area contributed by atoms with Gasteiger partial charge in [-0.3, -0.25) is 14.5 Å². The maximum Gasteiger partial charge on any atom is 0.253 e. The average Bonchev–Trinajstić information content (AvgIpc) is 3.19. The maximum absolute atomic E-state index is 13.3. The molecule has 1 saturated heterocycles. The predicted molar refractivity (Wildman–Crippen MR) is 136 cm³/mol. The number of aromatic nitrogens is 1. The Labute approximate surface area is 205 Å². The summed E-state index contributed by atoms with van der Waals surface area (Å²) in [5, 5.41) is 10.4. The van der Waals surface area contributed by atoms with Gasteiger partial charge in [-0.05, 0) is 76.1 Å². The zero-order valence-corrected chi connectivity index (χ0v) is 21.7. The quantitative estimate of drug-likeness (QED) is 0.672. The summed E-state index contributed by atoms with van der Waals surface area (Å²) in [5.74, 6) is 0.216. The number of rotatable bonds is 3. The molecule has 0 unspecified atom stereocenters. The molecular formula is C28H41N3O3. The number of carbonyl (C=O) groups excluding carboxylic acids is 2. The van der Waals surface area contributed by atoms with Gasteiger partial charge in [0.2, 0.25) is 0 Å². The molecule has 0 aliphatic carbocycles. The third kappa shape index (κ3) is 4.11. The first kappa shape index (κ1) is 24.7. The van der Waals surface area contributed by atoms with Gasteiger partial charge in [0, 0.05) is 44.3 Å². The average molecular weight is 468 g/mol. The monoisotopic (exact) mass is 467 g/mol. The molecule has 4 rings (SSSR count). The van der Waals surface area contributed by atoms with Crippen LogP contribution in [-0.2, 0) is 17.7 Å². The summed E-state index contributed by atoms with van der Waals surface area (Å²) in [6, 6.07) is 9.71. The fraction of sp³-hybridized carbons (Fsp3) is 0.571. The van der Waals surface area contributed by atoms with Crippen molar-refractivity contribution in [3.8, 4) is 0 Å². The summed E-state index contributed by atoms with van der Waals surface area (Å²) in [6.07, 6.45) is 1.67. The molecule has 1 amide bonds. The van der Waals surface area contributed by atoms with E-state index in [4.69, 9.17) is 0 Å². The first-order valence-electron chi connectivity index (χ1n) is 12.3. The van der Waals surface area contributed by atoms with Crippen LogP contribution < -0.4 is 0 Å². The van der Waals surface area contributed by atoms with Gasteiger partial charge in [-0.1, -0.05) is 26.8 Å². The summed E-state index contributed by atoms with van der Waals surface area (Å²) < 4.78 is 2.23. The fourth-order valence-electron chi connectivity index (χ4n) is 5.74. The molecule has 34 heavy (non-hydrogen) atoms. The third-order valence-corrected chi connectivity index (χ3v) is 7.77. The second-order valence-electron chi connectivity index (χ2n) is 11.7. The molecule has 0 bridgehead atoms. The Morgan fingerprint density at radius 1 is 0.971 bits per heavy atom. The normalized spacial score (nSPS) is 18.8. The van der Waals surface area contributed by atoms with E-state index in [1.54, 1.807) is 13.8 Å². The smallest absolute Gasteiger partial charge is 0.253 e. The van der Waals surface area contributed by atoms with E-state index in [0.717, 1.165) is 42.8 Å². The van der Waals surface area contributed by atoms with Crippen molar-refractivity contribution in [1.82, 2.24) is 14.4 Å². The number of Topliss-reactive ketones (excluding diaryl/α,β-unsaturated/α-hetero) is 1. The van der Waals surface area contributed by atoms with E-state index in [9.17, 15) is 14.7 Å². The lowest BCUT2D eigenvalue weighted by Crippen LogP contribution is -2.56. The molecule has 3 heterocycles. The highest BCUT2D eigenvalue weighted by Gasteiger charge is 2.45. The lowest BCUT2D eigenvalue weighted by Gasteiger charge is -2.50. The molecule has 1 spiro atoms. The summed E-state index contributed by atoms with van der Waals surface area (Å²) >= 11 is 0. The van der Waals surface area contributed by atoms with Gasteiger partial charge in [0.1, 0.15) is 0 Å². The van der Waals surface area contributed by atoms with Gasteiger partial charge in [-0.15, -0.1) is 0 Å². The zero-order valence-electron chi connectivity index (χ0n) is 21.7. The number of amides is 1. The lowest BCUT2D eigenvalue weighted by molar-refractivity contribution is 0.0126. The number of likely N-dealkylation sites (tertiary alicyclic amines) is 1. The standard InChI is InChI=1S/C28H39N3O3.H2/c1-19-18-20(8-9-21(19)27(5,6)34)25(33)30-14-12-28(13-15-30)23-11-10-22(24(32)26(2,3)4)31(23)17-16-29(28)7;/h8-11,18,34H,12-17H2,1-7H3;1H. The van der Waals surface area contributed by atoms with Crippen molar-refractivity contribution in [3.05, 3.63) is 58.4 Å². The molecule has 6 nitrogen and oxygen atoms in total. The molecule has 0 atom stereocenters. The number of benzene rings is 1. The number of fused-ring (bicyclic) bond motifs is 2. The van der Waals surface area contributed by atoms with Gasteiger partial charge in [-0.2, -0.15) is 0 Å². The van der Waals surface area contributed by atoms with E-state index in [1.807, 2.05) is 56.9 Å². The van der Waals surface area contributed by atoms with Crippen molar-refractivity contribution in [2.45, 2.75) is 72.1 Å². The maximum atomic E-state index is 13.3. The molecule has 1 aromatic heterocycles. The van der Waals surface area contributed by atoms with Crippen LogP contribution in [0.1, 0.15) is 86.6 Å². The molecule has 2 aliphatic heterocycles. The van der Waals surface area contributed by atoms with Crippen molar-refractivity contribution < 1.29 is 16.1 Å². The SMILES string of the molecule is Cc1cc(C(=O)N2CCC3(CC2)c2ccc(C(=O)C(C)(C)C)n2CCN3C)ccc1C(C)(C)O.[HH]. The minimum Gasteiger partial charge on any atom is -0.386 e. The molecule has 2 aromatic rings.